The summed E-state index contributed by atoms with van der Waals surface area (Å²) in [4.78, 5) is 36.4. The molecule has 7 nitrogen and oxygen atoms in total. The van der Waals surface area contributed by atoms with Crippen LogP contribution < -0.4 is 5.32 Å². The van der Waals surface area contributed by atoms with Gasteiger partial charge in [-0.25, -0.2) is 0 Å². The van der Waals surface area contributed by atoms with Gasteiger partial charge in [0, 0.05) is 19.3 Å². The minimum atomic E-state index is -0.0877. The lowest BCUT2D eigenvalue weighted by Gasteiger charge is -2.18. The van der Waals surface area contributed by atoms with Gasteiger partial charge < -0.3 is 19.5 Å². The number of esters is 3. The second-order valence-corrected chi connectivity index (χ2v) is 13.6. The normalized spacial score (nSPS) is 11.2. The molecule has 0 fully saturated rings. The first-order valence-corrected chi connectivity index (χ1v) is 20.2. The Hall–Kier alpha value is -1.63. The SMILES string of the molecule is CCCCCCCCCOC(=O)CCCCCCCC(CCCCCCCC(=O)OCCCCCCCCC)OC(=O)CCCNC. The van der Waals surface area contributed by atoms with E-state index in [-0.39, 0.29) is 24.0 Å². The van der Waals surface area contributed by atoms with Gasteiger partial charge in [-0.15, -0.1) is 0 Å². The Bertz CT molecular complexity index is 654. The molecule has 0 heterocycles. The predicted octanol–water partition coefficient (Wildman–Crippen LogP) is 10.9. The summed E-state index contributed by atoms with van der Waals surface area (Å²) in [7, 11) is 1.90. The highest BCUT2D eigenvalue weighted by molar-refractivity contribution is 5.70. The molecule has 0 aliphatic rings. The van der Waals surface area contributed by atoms with Gasteiger partial charge in [-0.1, -0.05) is 129 Å². The van der Waals surface area contributed by atoms with Crippen molar-refractivity contribution in [3.63, 3.8) is 0 Å². The third kappa shape index (κ3) is 35.5. The van der Waals surface area contributed by atoms with Crippen LogP contribution >= 0.6 is 0 Å². The molecule has 7 heteroatoms. The van der Waals surface area contributed by atoms with Gasteiger partial charge in [-0.3, -0.25) is 14.4 Å². The summed E-state index contributed by atoms with van der Waals surface area (Å²) >= 11 is 0. The van der Waals surface area contributed by atoms with E-state index < -0.39 is 0 Å². The molecule has 0 saturated carbocycles. The first kappa shape index (κ1) is 45.4. The van der Waals surface area contributed by atoms with E-state index >= 15 is 0 Å². The van der Waals surface area contributed by atoms with Crippen LogP contribution in [0, 0.1) is 0 Å². The lowest BCUT2D eigenvalue weighted by Crippen LogP contribution is -2.19. The second kappa shape index (κ2) is 37.2. The van der Waals surface area contributed by atoms with Crippen molar-refractivity contribution in [1.29, 1.82) is 0 Å². The van der Waals surface area contributed by atoms with Gasteiger partial charge in [0.2, 0.25) is 0 Å². The van der Waals surface area contributed by atoms with Crippen LogP contribution in [-0.2, 0) is 28.6 Å². The first-order chi connectivity index (χ1) is 23.0. The van der Waals surface area contributed by atoms with E-state index in [1.807, 2.05) is 7.05 Å². The van der Waals surface area contributed by atoms with Crippen molar-refractivity contribution < 1.29 is 28.6 Å². The number of rotatable bonds is 37. The Balaban J connectivity index is 3.97. The highest BCUT2D eigenvalue weighted by atomic mass is 16.5. The lowest BCUT2D eigenvalue weighted by atomic mass is 10.0. The average molecular weight is 668 g/mol. The molecule has 0 radical (unpaired) electrons. The molecule has 0 atom stereocenters. The molecule has 0 spiro atoms. The molecule has 0 aromatic carbocycles. The molecular weight excluding hydrogens is 590 g/mol. The molecule has 0 aliphatic carbocycles. The van der Waals surface area contributed by atoms with E-state index in [4.69, 9.17) is 14.2 Å². The van der Waals surface area contributed by atoms with Crippen molar-refractivity contribution in [2.45, 2.75) is 213 Å². The van der Waals surface area contributed by atoms with E-state index in [1.165, 1.54) is 64.2 Å². The summed E-state index contributed by atoms with van der Waals surface area (Å²) in [5.74, 6) is -0.199. The predicted molar refractivity (Wildman–Crippen MR) is 196 cm³/mol. The average Bonchev–Trinajstić information content (AvgIpc) is 3.06. The molecule has 0 amide bonds. The zero-order chi connectivity index (χ0) is 34.5. The fraction of sp³-hybridized carbons (Fsp3) is 0.925. The maximum absolute atomic E-state index is 12.4. The second-order valence-electron chi connectivity index (χ2n) is 13.6. The van der Waals surface area contributed by atoms with Crippen molar-refractivity contribution in [1.82, 2.24) is 5.32 Å². The molecule has 0 aromatic heterocycles. The largest absolute Gasteiger partial charge is 0.466 e. The fourth-order valence-electron chi connectivity index (χ4n) is 5.89. The molecule has 278 valence electrons. The summed E-state index contributed by atoms with van der Waals surface area (Å²) in [6, 6.07) is 0. The van der Waals surface area contributed by atoms with Crippen LogP contribution in [0.1, 0.15) is 206 Å². The van der Waals surface area contributed by atoms with Crippen molar-refractivity contribution in [3.8, 4) is 0 Å². The summed E-state index contributed by atoms with van der Waals surface area (Å²) < 4.78 is 16.7. The minimum absolute atomic E-state index is 0.0136. The van der Waals surface area contributed by atoms with Crippen LogP contribution in [0.15, 0.2) is 0 Å². The van der Waals surface area contributed by atoms with Crippen molar-refractivity contribution in [2.75, 3.05) is 26.8 Å². The Morgan fingerprint density at radius 3 is 1.23 bits per heavy atom. The van der Waals surface area contributed by atoms with Crippen molar-refractivity contribution in [3.05, 3.63) is 0 Å². The molecule has 0 bridgehead atoms. The van der Waals surface area contributed by atoms with Crippen molar-refractivity contribution in [2.24, 2.45) is 0 Å². The number of carbonyl (C=O) groups excluding carboxylic acids is 3. The van der Waals surface area contributed by atoms with E-state index in [2.05, 4.69) is 19.2 Å². The van der Waals surface area contributed by atoms with Crippen LogP contribution in [0.4, 0.5) is 0 Å². The van der Waals surface area contributed by atoms with Gasteiger partial charge in [0.15, 0.2) is 0 Å². The first-order valence-electron chi connectivity index (χ1n) is 20.2. The Kier molecular flexibility index (Phi) is 35.9. The molecule has 0 rings (SSSR count). The molecule has 1 N–H and O–H groups in total. The summed E-state index contributed by atoms with van der Waals surface area (Å²) in [5, 5.41) is 3.09. The summed E-state index contributed by atoms with van der Waals surface area (Å²) in [5.41, 5.74) is 0. The standard InChI is InChI=1S/C40H77NO6/c1-4-6-8-10-12-20-26-35-45-38(42)31-24-18-14-16-22-29-37(47-40(44)33-28-34-41-3)30-23-17-15-19-25-32-39(43)46-36-27-21-13-11-9-7-5-2/h37,41H,4-36H2,1-3H3. The Morgan fingerprint density at radius 2 is 0.809 bits per heavy atom. The number of hydrogen-bond donors (Lipinski definition) is 1. The molecular formula is C40H77NO6. The Labute approximate surface area is 290 Å². The molecule has 0 saturated heterocycles. The number of ether oxygens (including phenoxy) is 3. The molecule has 0 unspecified atom stereocenters. The summed E-state index contributed by atoms with van der Waals surface area (Å²) in [6.45, 7) is 6.41. The van der Waals surface area contributed by atoms with Crippen LogP contribution in [-0.4, -0.2) is 50.8 Å². The highest BCUT2D eigenvalue weighted by Gasteiger charge is 2.14. The quantitative estimate of drug-likeness (QED) is 0.0400. The minimum Gasteiger partial charge on any atom is -0.466 e. The number of hydrogen-bond acceptors (Lipinski definition) is 7. The van der Waals surface area contributed by atoms with Gasteiger partial charge in [0.1, 0.15) is 6.10 Å². The zero-order valence-corrected chi connectivity index (χ0v) is 31.4. The highest BCUT2D eigenvalue weighted by Crippen LogP contribution is 2.18. The topological polar surface area (TPSA) is 90.9 Å². The van der Waals surface area contributed by atoms with Crippen LogP contribution in [0.3, 0.4) is 0 Å². The van der Waals surface area contributed by atoms with Gasteiger partial charge in [-0.05, 0) is 71.4 Å². The third-order valence-electron chi connectivity index (χ3n) is 8.94. The van der Waals surface area contributed by atoms with Gasteiger partial charge in [0.25, 0.3) is 0 Å². The monoisotopic (exact) mass is 668 g/mol. The molecule has 47 heavy (non-hydrogen) atoms. The maximum Gasteiger partial charge on any atom is 0.306 e. The third-order valence-corrected chi connectivity index (χ3v) is 8.94. The summed E-state index contributed by atoms with van der Waals surface area (Å²) in [6.07, 6.45) is 31.6. The van der Waals surface area contributed by atoms with Crippen molar-refractivity contribution >= 4 is 17.9 Å². The van der Waals surface area contributed by atoms with Gasteiger partial charge >= 0.3 is 17.9 Å². The smallest absolute Gasteiger partial charge is 0.306 e. The molecule has 0 aliphatic heterocycles. The van der Waals surface area contributed by atoms with Gasteiger partial charge in [0.05, 0.1) is 13.2 Å². The van der Waals surface area contributed by atoms with Crippen LogP contribution in [0.2, 0.25) is 0 Å². The van der Waals surface area contributed by atoms with E-state index in [9.17, 15) is 14.4 Å². The Morgan fingerprint density at radius 1 is 0.447 bits per heavy atom. The van der Waals surface area contributed by atoms with E-state index in [0.29, 0.717) is 32.5 Å². The van der Waals surface area contributed by atoms with E-state index in [1.54, 1.807) is 0 Å². The number of nitrogens with one attached hydrogen (secondary N) is 1. The lowest BCUT2D eigenvalue weighted by molar-refractivity contribution is -0.150. The van der Waals surface area contributed by atoms with E-state index in [0.717, 1.165) is 116 Å². The van der Waals surface area contributed by atoms with Crippen LogP contribution in [0.5, 0.6) is 0 Å². The zero-order valence-electron chi connectivity index (χ0n) is 31.4. The van der Waals surface area contributed by atoms with Crippen LogP contribution in [0.25, 0.3) is 0 Å². The number of carbonyl (C=O) groups is 3. The molecule has 0 aromatic rings. The maximum atomic E-state index is 12.4. The number of unbranched alkanes of at least 4 members (excludes halogenated alkanes) is 20. The fourth-order valence-corrected chi connectivity index (χ4v) is 5.89. The van der Waals surface area contributed by atoms with Gasteiger partial charge in [-0.2, -0.15) is 0 Å².